The number of benzene rings is 4. The molecule has 5 rings (SSSR count). The summed E-state index contributed by atoms with van der Waals surface area (Å²) >= 11 is 0. The van der Waals surface area contributed by atoms with Gasteiger partial charge in [0, 0.05) is 11.6 Å². The van der Waals surface area contributed by atoms with Crippen molar-refractivity contribution in [3.63, 3.8) is 0 Å². The largest absolute Gasteiger partial charge is 0.256 e. The van der Waals surface area contributed by atoms with Gasteiger partial charge in [-0.25, -0.2) is 0 Å². The highest BCUT2D eigenvalue weighted by Crippen LogP contribution is 2.36. The number of pyridine rings is 1. The van der Waals surface area contributed by atoms with Crippen molar-refractivity contribution in [3.05, 3.63) is 114 Å². The van der Waals surface area contributed by atoms with E-state index >= 15 is 0 Å². The van der Waals surface area contributed by atoms with Crippen LogP contribution in [0.4, 0.5) is 0 Å². The Bertz CT molecular complexity index is 1430. The van der Waals surface area contributed by atoms with E-state index in [-0.39, 0.29) is 10.8 Å². The van der Waals surface area contributed by atoms with Gasteiger partial charge in [-0.2, -0.15) is 0 Å². The van der Waals surface area contributed by atoms with E-state index in [0.29, 0.717) is 0 Å². The second kappa shape index (κ2) is 9.06. The molecule has 0 bridgehead atoms. The summed E-state index contributed by atoms with van der Waals surface area (Å²) in [5.41, 5.74) is 11.3. The summed E-state index contributed by atoms with van der Waals surface area (Å²) < 4.78 is 0. The van der Waals surface area contributed by atoms with Crippen LogP contribution < -0.4 is 0 Å². The maximum Gasteiger partial charge on any atom is 0.0708 e. The van der Waals surface area contributed by atoms with Crippen LogP contribution in [0.2, 0.25) is 0 Å². The predicted octanol–water partition coefficient (Wildman–Crippen LogP) is 9.83. The lowest BCUT2D eigenvalue weighted by Crippen LogP contribution is -2.10. The maximum absolute atomic E-state index is 4.59. The molecule has 0 saturated heterocycles. The Morgan fingerprint density at radius 2 is 0.944 bits per heavy atom. The third-order valence-electron chi connectivity index (χ3n) is 7.06. The van der Waals surface area contributed by atoms with Crippen LogP contribution in [0.3, 0.4) is 0 Å². The molecule has 0 aliphatic rings. The van der Waals surface area contributed by atoms with Crippen molar-refractivity contribution in [1.29, 1.82) is 0 Å². The van der Waals surface area contributed by atoms with Crippen molar-refractivity contribution in [2.24, 2.45) is 0 Å². The summed E-state index contributed by atoms with van der Waals surface area (Å²) in [4.78, 5) is 4.59. The number of rotatable bonds is 3. The molecule has 1 heteroatoms. The lowest BCUT2D eigenvalue weighted by atomic mass is 9.85. The van der Waals surface area contributed by atoms with Crippen LogP contribution in [-0.2, 0) is 10.8 Å². The Labute approximate surface area is 215 Å². The van der Waals surface area contributed by atoms with Crippen LogP contribution in [-0.4, -0.2) is 4.98 Å². The molecule has 0 aliphatic heterocycles. The highest BCUT2D eigenvalue weighted by molar-refractivity contribution is 5.96. The summed E-state index contributed by atoms with van der Waals surface area (Å²) in [5, 5.41) is 1.18. The van der Waals surface area contributed by atoms with Crippen LogP contribution in [0.1, 0.15) is 52.7 Å². The van der Waals surface area contributed by atoms with E-state index in [0.717, 1.165) is 5.52 Å². The number of hydrogen-bond donors (Lipinski definition) is 0. The molecule has 5 aromatic rings. The minimum Gasteiger partial charge on any atom is -0.256 e. The fraction of sp³-hybridized carbons (Fsp3) is 0.229. The van der Waals surface area contributed by atoms with Crippen molar-refractivity contribution in [2.75, 3.05) is 0 Å². The smallest absolute Gasteiger partial charge is 0.0708 e. The number of hydrogen-bond acceptors (Lipinski definition) is 1. The van der Waals surface area contributed by atoms with E-state index in [1.165, 1.54) is 49.9 Å². The van der Waals surface area contributed by atoms with E-state index in [1.54, 1.807) is 0 Å². The van der Waals surface area contributed by atoms with Crippen molar-refractivity contribution in [2.45, 2.75) is 52.4 Å². The molecule has 0 saturated carbocycles. The van der Waals surface area contributed by atoms with Crippen molar-refractivity contribution < 1.29 is 0 Å². The fourth-order valence-electron chi connectivity index (χ4n) is 4.79. The SMILES string of the molecule is CC(C)(C)c1ccc(-c2cc(-c3ccc(C(C)(C)C)cc3)cc(-c3ccnc4ccccc34)c2)cc1. The van der Waals surface area contributed by atoms with Crippen LogP contribution in [0.15, 0.2) is 103 Å². The first-order chi connectivity index (χ1) is 17.1. The lowest BCUT2D eigenvalue weighted by molar-refractivity contribution is 0.590. The number of para-hydroxylation sites is 1. The Kier molecular flexibility index (Phi) is 6.04. The zero-order chi connectivity index (χ0) is 25.5. The Morgan fingerprint density at radius 3 is 1.44 bits per heavy atom. The first-order valence-electron chi connectivity index (χ1n) is 12.8. The zero-order valence-corrected chi connectivity index (χ0v) is 22.3. The minimum absolute atomic E-state index is 0.135. The number of aromatic nitrogens is 1. The van der Waals surface area contributed by atoms with Gasteiger partial charge < -0.3 is 0 Å². The van der Waals surface area contributed by atoms with Gasteiger partial charge in [-0.3, -0.25) is 4.98 Å². The Hall–Kier alpha value is -3.71. The molecule has 1 nitrogen and oxygen atoms in total. The average molecular weight is 470 g/mol. The molecule has 0 aliphatic carbocycles. The fourth-order valence-corrected chi connectivity index (χ4v) is 4.79. The van der Waals surface area contributed by atoms with Gasteiger partial charge in [0.1, 0.15) is 0 Å². The first-order valence-corrected chi connectivity index (χ1v) is 12.8. The summed E-state index contributed by atoms with van der Waals surface area (Å²) in [7, 11) is 0. The second-order valence-electron chi connectivity index (χ2n) is 11.8. The molecule has 0 atom stereocenters. The van der Waals surface area contributed by atoms with Crippen LogP contribution >= 0.6 is 0 Å². The summed E-state index contributed by atoms with van der Waals surface area (Å²) in [5.74, 6) is 0. The first kappa shape index (κ1) is 24.0. The molecule has 0 radical (unpaired) electrons. The van der Waals surface area contributed by atoms with Gasteiger partial charge in [-0.15, -0.1) is 0 Å². The summed E-state index contributed by atoms with van der Waals surface area (Å²) in [6.45, 7) is 13.6. The second-order valence-corrected chi connectivity index (χ2v) is 11.8. The van der Waals surface area contributed by atoms with Gasteiger partial charge in [0.15, 0.2) is 0 Å². The van der Waals surface area contributed by atoms with Crippen LogP contribution in [0.5, 0.6) is 0 Å². The molecule has 0 fully saturated rings. The molecule has 4 aromatic carbocycles. The summed E-state index contributed by atoms with van der Waals surface area (Å²) in [6, 6.07) is 35.6. The summed E-state index contributed by atoms with van der Waals surface area (Å²) in [6.07, 6.45) is 1.92. The van der Waals surface area contributed by atoms with Crippen molar-refractivity contribution in [1.82, 2.24) is 4.98 Å². The Balaban J connectivity index is 1.69. The van der Waals surface area contributed by atoms with Gasteiger partial charge >= 0.3 is 0 Å². The standard InChI is InChI=1S/C35H35N/c1-34(2,3)29-15-11-24(12-16-29)26-21-27(25-13-17-30(18-14-25)35(4,5)6)23-28(22-26)31-19-20-36-33-10-8-7-9-32(31)33/h7-23H,1-6H3. The zero-order valence-electron chi connectivity index (χ0n) is 22.3. The lowest BCUT2D eigenvalue weighted by Gasteiger charge is -2.20. The highest BCUT2D eigenvalue weighted by Gasteiger charge is 2.16. The highest BCUT2D eigenvalue weighted by atomic mass is 14.6. The van der Waals surface area contributed by atoms with E-state index in [4.69, 9.17) is 0 Å². The van der Waals surface area contributed by atoms with E-state index < -0.39 is 0 Å². The topological polar surface area (TPSA) is 12.9 Å². The van der Waals surface area contributed by atoms with Gasteiger partial charge in [-0.05, 0) is 85.7 Å². The average Bonchev–Trinajstić information content (AvgIpc) is 2.87. The molecule has 0 N–H and O–H groups in total. The van der Waals surface area contributed by atoms with E-state index in [1.807, 2.05) is 6.20 Å². The molecule has 1 heterocycles. The van der Waals surface area contributed by atoms with Crippen molar-refractivity contribution >= 4 is 10.9 Å². The third kappa shape index (κ3) is 4.84. The van der Waals surface area contributed by atoms with Crippen LogP contribution in [0, 0.1) is 0 Å². The predicted molar refractivity (Wildman–Crippen MR) is 155 cm³/mol. The minimum atomic E-state index is 0.135. The van der Waals surface area contributed by atoms with Crippen molar-refractivity contribution in [3.8, 4) is 33.4 Å². The molecule has 0 amide bonds. The van der Waals surface area contributed by atoms with E-state index in [2.05, 4.69) is 144 Å². The molecule has 0 unspecified atom stereocenters. The Morgan fingerprint density at radius 1 is 0.472 bits per heavy atom. The molecule has 1 aromatic heterocycles. The maximum atomic E-state index is 4.59. The molecular formula is C35H35N. The molecular weight excluding hydrogens is 434 g/mol. The van der Waals surface area contributed by atoms with Gasteiger partial charge in [0.05, 0.1) is 5.52 Å². The third-order valence-corrected chi connectivity index (χ3v) is 7.06. The monoisotopic (exact) mass is 469 g/mol. The number of fused-ring (bicyclic) bond motifs is 1. The van der Waals surface area contributed by atoms with Gasteiger partial charge in [-0.1, -0.05) is 108 Å². The quantitative estimate of drug-likeness (QED) is 0.256. The molecule has 0 spiro atoms. The van der Waals surface area contributed by atoms with E-state index in [9.17, 15) is 0 Å². The van der Waals surface area contributed by atoms with Gasteiger partial charge in [0.2, 0.25) is 0 Å². The molecule has 180 valence electrons. The molecule has 36 heavy (non-hydrogen) atoms. The van der Waals surface area contributed by atoms with Crippen LogP contribution in [0.25, 0.3) is 44.3 Å². The van der Waals surface area contributed by atoms with Gasteiger partial charge in [0.25, 0.3) is 0 Å². The normalized spacial score (nSPS) is 12.2. The number of nitrogens with zero attached hydrogens (tertiary/aromatic N) is 1.